The standard InChI is InChI=1S/C17H17F3N2O3/c18-17(19,20)25-12-3-2-11-8-14(21-13(11)9-12)15(23)22-6-7-24-10-16(22)4-1-5-16/h2-3,8-9,21H,1,4-7,10H2. The number of alkyl halides is 3. The minimum absolute atomic E-state index is 0.141. The average molecular weight is 354 g/mol. The molecule has 0 unspecified atom stereocenters. The molecular weight excluding hydrogens is 337 g/mol. The molecule has 1 N–H and O–H groups in total. The zero-order valence-electron chi connectivity index (χ0n) is 13.4. The molecule has 2 aromatic rings. The molecule has 1 aliphatic heterocycles. The Kier molecular flexibility index (Phi) is 3.68. The van der Waals surface area contributed by atoms with Gasteiger partial charge in [0.25, 0.3) is 5.91 Å². The van der Waals surface area contributed by atoms with Gasteiger partial charge in [-0.25, -0.2) is 0 Å². The Morgan fingerprint density at radius 3 is 2.76 bits per heavy atom. The van der Waals surface area contributed by atoms with Crippen molar-refractivity contribution in [3.63, 3.8) is 0 Å². The number of carbonyl (C=O) groups is 1. The van der Waals surface area contributed by atoms with E-state index in [0.29, 0.717) is 36.4 Å². The van der Waals surface area contributed by atoms with Crippen LogP contribution in [0.4, 0.5) is 13.2 Å². The second-order valence-electron chi connectivity index (χ2n) is 6.57. The van der Waals surface area contributed by atoms with Gasteiger partial charge in [-0.05, 0) is 37.5 Å². The Balaban J connectivity index is 1.61. The molecule has 5 nitrogen and oxygen atoms in total. The fourth-order valence-electron chi connectivity index (χ4n) is 3.61. The van der Waals surface area contributed by atoms with Crippen molar-refractivity contribution in [1.82, 2.24) is 9.88 Å². The number of H-pyrrole nitrogens is 1. The van der Waals surface area contributed by atoms with Gasteiger partial charge in [0.15, 0.2) is 0 Å². The third-order valence-electron chi connectivity index (χ3n) is 4.99. The zero-order valence-corrected chi connectivity index (χ0v) is 13.4. The van der Waals surface area contributed by atoms with Crippen molar-refractivity contribution in [1.29, 1.82) is 0 Å². The van der Waals surface area contributed by atoms with Crippen molar-refractivity contribution >= 4 is 16.8 Å². The number of hydrogen-bond donors (Lipinski definition) is 1. The maximum Gasteiger partial charge on any atom is 0.573 e. The number of morpholine rings is 1. The summed E-state index contributed by atoms with van der Waals surface area (Å²) < 4.78 is 46.5. The Morgan fingerprint density at radius 1 is 1.28 bits per heavy atom. The van der Waals surface area contributed by atoms with Crippen LogP contribution in [0.1, 0.15) is 29.8 Å². The number of carbonyl (C=O) groups excluding carboxylic acids is 1. The van der Waals surface area contributed by atoms with E-state index in [4.69, 9.17) is 4.74 Å². The maximum absolute atomic E-state index is 12.9. The molecule has 1 aromatic heterocycles. The lowest BCUT2D eigenvalue weighted by molar-refractivity contribution is -0.274. The van der Waals surface area contributed by atoms with Crippen LogP contribution in [0.25, 0.3) is 10.9 Å². The van der Waals surface area contributed by atoms with E-state index in [1.807, 2.05) is 4.90 Å². The summed E-state index contributed by atoms with van der Waals surface area (Å²) in [5.41, 5.74) is 0.574. The van der Waals surface area contributed by atoms with Gasteiger partial charge in [0.1, 0.15) is 11.4 Å². The molecule has 134 valence electrons. The Labute approximate surface area is 141 Å². The number of aromatic amines is 1. The highest BCUT2D eigenvalue weighted by Gasteiger charge is 2.47. The smallest absolute Gasteiger partial charge is 0.406 e. The molecule has 2 fully saturated rings. The highest BCUT2D eigenvalue weighted by atomic mass is 19.4. The first-order valence-corrected chi connectivity index (χ1v) is 8.15. The second kappa shape index (κ2) is 5.66. The predicted molar refractivity (Wildman–Crippen MR) is 83.4 cm³/mol. The summed E-state index contributed by atoms with van der Waals surface area (Å²) in [6, 6.07) is 5.65. The monoisotopic (exact) mass is 354 g/mol. The summed E-state index contributed by atoms with van der Waals surface area (Å²) >= 11 is 0. The number of nitrogens with zero attached hydrogens (tertiary/aromatic N) is 1. The van der Waals surface area contributed by atoms with Crippen LogP contribution in [0.15, 0.2) is 24.3 Å². The number of fused-ring (bicyclic) bond motifs is 1. The van der Waals surface area contributed by atoms with Gasteiger partial charge in [0, 0.05) is 23.5 Å². The third kappa shape index (κ3) is 2.95. The zero-order chi connectivity index (χ0) is 17.7. The van der Waals surface area contributed by atoms with Crippen LogP contribution in [-0.2, 0) is 4.74 Å². The first-order valence-electron chi connectivity index (χ1n) is 8.15. The van der Waals surface area contributed by atoms with Crippen molar-refractivity contribution < 1.29 is 27.4 Å². The van der Waals surface area contributed by atoms with Gasteiger partial charge in [-0.1, -0.05) is 0 Å². The number of nitrogens with one attached hydrogen (secondary N) is 1. The largest absolute Gasteiger partial charge is 0.573 e. The van der Waals surface area contributed by atoms with Gasteiger partial charge in [-0.3, -0.25) is 4.79 Å². The number of aromatic nitrogens is 1. The molecule has 2 aliphatic rings. The lowest BCUT2D eigenvalue weighted by atomic mass is 9.75. The lowest BCUT2D eigenvalue weighted by Crippen LogP contribution is -2.62. The lowest BCUT2D eigenvalue weighted by Gasteiger charge is -2.52. The number of rotatable bonds is 2. The normalized spacial score (nSPS) is 19.9. The van der Waals surface area contributed by atoms with Crippen molar-refractivity contribution in [2.45, 2.75) is 31.2 Å². The quantitative estimate of drug-likeness (QED) is 0.899. The van der Waals surface area contributed by atoms with Crippen molar-refractivity contribution in [2.24, 2.45) is 0 Å². The van der Waals surface area contributed by atoms with Crippen LogP contribution in [0.2, 0.25) is 0 Å². The molecule has 1 saturated carbocycles. The van der Waals surface area contributed by atoms with Gasteiger partial charge in [-0.15, -0.1) is 13.2 Å². The van der Waals surface area contributed by atoms with Gasteiger partial charge in [0.2, 0.25) is 0 Å². The number of ether oxygens (including phenoxy) is 2. The average Bonchev–Trinajstić information content (AvgIpc) is 2.94. The second-order valence-corrected chi connectivity index (χ2v) is 6.57. The van der Waals surface area contributed by atoms with Gasteiger partial charge in [-0.2, -0.15) is 0 Å². The molecule has 0 atom stereocenters. The first kappa shape index (κ1) is 16.3. The van der Waals surface area contributed by atoms with E-state index >= 15 is 0 Å². The van der Waals surface area contributed by atoms with Crippen LogP contribution >= 0.6 is 0 Å². The number of halogens is 3. The van der Waals surface area contributed by atoms with Crippen LogP contribution < -0.4 is 4.74 Å². The van der Waals surface area contributed by atoms with E-state index in [-0.39, 0.29) is 17.2 Å². The van der Waals surface area contributed by atoms with Crippen molar-refractivity contribution in [2.75, 3.05) is 19.8 Å². The molecular formula is C17H17F3N2O3. The Bertz CT molecular complexity index is 811. The molecule has 1 saturated heterocycles. The van der Waals surface area contributed by atoms with Gasteiger partial charge in [0.05, 0.1) is 18.8 Å². The third-order valence-corrected chi connectivity index (χ3v) is 4.99. The number of amides is 1. The van der Waals surface area contributed by atoms with Crippen LogP contribution in [0.3, 0.4) is 0 Å². The van der Waals surface area contributed by atoms with Crippen LogP contribution in [-0.4, -0.2) is 47.5 Å². The van der Waals surface area contributed by atoms with Crippen molar-refractivity contribution in [3.05, 3.63) is 30.0 Å². The van der Waals surface area contributed by atoms with Crippen LogP contribution in [0.5, 0.6) is 5.75 Å². The van der Waals surface area contributed by atoms with E-state index in [1.54, 1.807) is 6.07 Å². The van der Waals surface area contributed by atoms with E-state index in [0.717, 1.165) is 19.3 Å². The van der Waals surface area contributed by atoms with E-state index in [9.17, 15) is 18.0 Å². The van der Waals surface area contributed by atoms with E-state index in [1.165, 1.54) is 18.2 Å². The molecule has 0 radical (unpaired) electrons. The summed E-state index contributed by atoms with van der Waals surface area (Å²) in [7, 11) is 0. The van der Waals surface area contributed by atoms with E-state index < -0.39 is 6.36 Å². The molecule has 1 spiro atoms. The van der Waals surface area contributed by atoms with Crippen molar-refractivity contribution in [3.8, 4) is 5.75 Å². The molecule has 1 amide bonds. The number of hydrogen-bond acceptors (Lipinski definition) is 3. The summed E-state index contributed by atoms with van der Waals surface area (Å²) in [6.07, 6.45) is -1.84. The Hall–Kier alpha value is -2.22. The summed E-state index contributed by atoms with van der Waals surface area (Å²) in [5, 5.41) is 0.661. The summed E-state index contributed by atoms with van der Waals surface area (Å²) in [5.74, 6) is -0.458. The molecule has 1 aromatic carbocycles. The van der Waals surface area contributed by atoms with Gasteiger partial charge >= 0.3 is 6.36 Å². The fourth-order valence-corrected chi connectivity index (χ4v) is 3.61. The van der Waals surface area contributed by atoms with E-state index in [2.05, 4.69) is 9.72 Å². The maximum atomic E-state index is 12.9. The summed E-state index contributed by atoms with van der Waals surface area (Å²) in [6.45, 7) is 1.57. The minimum atomic E-state index is -4.75. The molecule has 1 aliphatic carbocycles. The number of benzene rings is 1. The minimum Gasteiger partial charge on any atom is -0.406 e. The predicted octanol–water partition coefficient (Wildman–Crippen LogP) is 3.46. The van der Waals surface area contributed by atoms with Crippen LogP contribution in [0, 0.1) is 0 Å². The SMILES string of the molecule is O=C(c1cc2ccc(OC(F)(F)F)cc2[nH]1)N1CCOCC12CCC2. The molecule has 8 heteroatoms. The topological polar surface area (TPSA) is 54.6 Å². The first-order chi connectivity index (χ1) is 11.9. The Morgan fingerprint density at radius 2 is 2.08 bits per heavy atom. The molecule has 0 bridgehead atoms. The fraction of sp³-hybridized carbons (Fsp3) is 0.471. The highest BCUT2D eigenvalue weighted by molar-refractivity contribution is 5.98. The molecule has 4 rings (SSSR count). The highest BCUT2D eigenvalue weighted by Crippen LogP contribution is 2.40. The molecule has 25 heavy (non-hydrogen) atoms. The summed E-state index contributed by atoms with van der Waals surface area (Å²) in [4.78, 5) is 17.7. The molecule has 2 heterocycles. The van der Waals surface area contributed by atoms with Gasteiger partial charge < -0.3 is 19.4 Å².